The quantitative estimate of drug-likeness (QED) is 0.243. The predicted molar refractivity (Wildman–Crippen MR) is 121 cm³/mol. The van der Waals surface area contributed by atoms with E-state index in [2.05, 4.69) is 31.4 Å². The van der Waals surface area contributed by atoms with Gasteiger partial charge in [-0.2, -0.15) is 5.10 Å². The van der Waals surface area contributed by atoms with Gasteiger partial charge in [0.05, 0.1) is 28.9 Å². The van der Waals surface area contributed by atoms with Crippen LogP contribution in [-0.4, -0.2) is 30.2 Å². The molecule has 1 N–H and O–H groups in total. The van der Waals surface area contributed by atoms with Gasteiger partial charge < -0.3 is 9.47 Å². The molecule has 0 aliphatic heterocycles. The summed E-state index contributed by atoms with van der Waals surface area (Å²) in [5, 5.41) is 3.97. The van der Waals surface area contributed by atoms with Crippen LogP contribution in [0, 0.1) is 13.8 Å². The van der Waals surface area contributed by atoms with Gasteiger partial charge in [0, 0.05) is 11.9 Å². The molecule has 8 heteroatoms. The van der Waals surface area contributed by atoms with Crippen molar-refractivity contribution in [1.82, 2.24) is 10.4 Å². The van der Waals surface area contributed by atoms with Crippen molar-refractivity contribution in [3.05, 3.63) is 87.1 Å². The van der Waals surface area contributed by atoms with Gasteiger partial charge in [-0.25, -0.2) is 10.2 Å². The third-order valence-corrected chi connectivity index (χ3v) is 4.88. The molecule has 0 saturated carbocycles. The summed E-state index contributed by atoms with van der Waals surface area (Å²) in [4.78, 5) is 28.7. The van der Waals surface area contributed by atoms with Crippen LogP contribution in [0.15, 0.2) is 64.3 Å². The number of carbonyl (C=O) groups is 2. The van der Waals surface area contributed by atoms with Crippen LogP contribution in [0.4, 0.5) is 0 Å². The molecule has 0 bridgehead atoms. The Morgan fingerprint density at radius 3 is 2.42 bits per heavy atom. The first-order valence-corrected chi connectivity index (χ1v) is 10.1. The second-order valence-electron chi connectivity index (χ2n) is 6.68. The predicted octanol–water partition coefficient (Wildman–Crippen LogP) is 4.45. The van der Waals surface area contributed by atoms with Gasteiger partial charge in [0.15, 0.2) is 11.5 Å². The van der Waals surface area contributed by atoms with Crippen molar-refractivity contribution in [1.29, 1.82) is 0 Å². The highest BCUT2D eigenvalue weighted by atomic mass is 79.9. The number of benzene rings is 2. The lowest BCUT2D eigenvalue weighted by Gasteiger charge is -2.12. The van der Waals surface area contributed by atoms with Gasteiger partial charge in [0.25, 0.3) is 5.91 Å². The summed E-state index contributed by atoms with van der Waals surface area (Å²) in [6.07, 6.45) is 2.94. The smallest absolute Gasteiger partial charge is 0.343 e. The van der Waals surface area contributed by atoms with Gasteiger partial charge in [0.1, 0.15) is 0 Å². The van der Waals surface area contributed by atoms with Gasteiger partial charge in [-0.1, -0.05) is 17.7 Å². The highest BCUT2D eigenvalue weighted by Crippen LogP contribution is 2.36. The Hall–Kier alpha value is -3.52. The minimum Gasteiger partial charge on any atom is -0.493 e. The van der Waals surface area contributed by atoms with E-state index in [1.54, 1.807) is 36.4 Å². The maximum absolute atomic E-state index is 12.5. The summed E-state index contributed by atoms with van der Waals surface area (Å²) in [6, 6.07) is 13.8. The number of methoxy groups -OCH3 is 1. The summed E-state index contributed by atoms with van der Waals surface area (Å²) in [7, 11) is 1.47. The molecular weight excluding hydrogens is 462 g/mol. The van der Waals surface area contributed by atoms with Gasteiger partial charge in [-0.05, 0) is 71.7 Å². The molecular formula is C23H20BrN3O4. The summed E-state index contributed by atoms with van der Waals surface area (Å²) >= 11 is 3.40. The average molecular weight is 482 g/mol. The second kappa shape index (κ2) is 9.99. The number of esters is 1. The number of amides is 1. The van der Waals surface area contributed by atoms with E-state index in [1.807, 2.05) is 26.0 Å². The van der Waals surface area contributed by atoms with Crippen LogP contribution >= 0.6 is 15.9 Å². The molecule has 0 radical (unpaired) electrons. The molecule has 3 rings (SSSR count). The van der Waals surface area contributed by atoms with E-state index in [0.717, 1.165) is 11.3 Å². The summed E-state index contributed by atoms with van der Waals surface area (Å²) in [5.74, 6) is -0.289. The number of carbonyl (C=O) groups excluding carboxylic acids is 2. The molecule has 1 amide bonds. The maximum Gasteiger partial charge on any atom is 0.343 e. The first kappa shape index (κ1) is 22.2. The molecule has 2 aromatic carbocycles. The highest BCUT2D eigenvalue weighted by Gasteiger charge is 2.16. The van der Waals surface area contributed by atoms with E-state index in [9.17, 15) is 9.59 Å². The molecule has 3 aromatic rings. The van der Waals surface area contributed by atoms with E-state index in [1.165, 1.54) is 19.5 Å². The fourth-order valence-corrected chi connectivity index (χ4v) is 3.13. The lowest BCUT2D eigenvalue weighted by atomic mass is 10.1. The molecule has 7 nitrogen and oxygen atoms in total. The number of hydrogen-bond acceptors (Lipinski definition) is 6. The van der Waals surface area contributed by atoms with Gasteiger partial charge in [-0.3, -0.25) is 9.78 Å². The molecule has 0 spiro atoms. The third kappa shape index (κ3) is 5.76. The van der Waals surface area contributed by atoms with E-state index in [0.29, 0.717) is 26.9 Å². The van der Waals surface area contributed by atoms with Crippen LogP contribution in [0.2, 0.25) is 0 Å². The van der Waals surface area contributed by atoms with Crippen LogP contribution < -0.4 is 14.9 Å². The maximum atomic E-state index is 12.5. The molecule has 1 heterocycles. The fraction of sp³-hybridized carbons (Fsp3) is 0.130. The minimum absolute atomic E-state index is 0.250. The van der Waals surface area contributed by atoms with E-state index in [4.69, 9.17) is 9.47 Å². The number of aryl methyl sites for hydroxylation is 2. The summed E-state index contributed by atoms with van der Waals surface area (Å²) in [5.41, 5.74) is 5.77. The Kier molecular flexibility index (Phi) is 7.15. The van der Waals surface area contributed by atoms with Crippen molar-refractivity contribution in [2.75, 3.05) is 7.11 Å². The molecule has 0 unspecified atom stereocenters. The normalized spacial score (nSPS) is 10.7. The number of halogens is 1. The Balaban J connectivity index is 1.73. The van der Waals surface area contributed by atoms with Crippen LogP contribution in [-0.2, 0) is 0 Å². The number of rotatable bonds is 6. The zero-order chi connectivity index (χ0) is 22.4. The van der Waals surface area contributed by atoms with E-state index < -0.39 is 5.97 Å². The van der Waals surface area contributed by atoms with Crippen molar-refractivity contribution in [3.8, 4) is 11.5 Å². The van der Waals surface area contributed by atoms with Crippen LogP contribution in [0.25, 0.3) is 0 Å². The van der Waals surface area contributed by atoms with Gasteiger partial charge >= 0.3 is 5.97 Å². The lowest BCUT2D eigenvalue weighted by molar-refractivity contribution is 0.0728. The summed E-state index contributed by atoms with van der Waals surface area (Å²) < 4.78 is 11.4. The van der Waals surface area contributed by atoms with Crippen molar-refractivity contribution >= 4 is 34.0 Å². The Labute approximate surface area is 188 Å². The molecule has 0 aliphatic carbocycles. The SMILES string of the molecule is COc1cc(/C=N\NC(=O)c2ccc(C)nc2)cc(Br)c1OC(=O)c1ccc(C)cc1. The number of hydrazone groups is 1. The molecule has 31 heavy (non-hydrogen) atoms. The standard InChI is InChI=1S/C23H20BrN3O4/c1-14-4-7-17(8-5-14)23(29)31-21-19(24)10-16(11-20(21)30-3)12-26-27-22(28)18-9-6-15(2)25-13-18/h4-13H,1-3H3,(H,27,28)/b26-12-. The van der Waals surface area contributed by atoms with Crippen molar-refractivity contribution in [3.63, 3.8) is 0 Å². The first-order chi connectivity index (χ1) is 14.9. The average Bonchev–Trinajstić information content (AvgIpc) is 2.76. The molecule has 1 aromatic heterocycles. The monoisotopic (exact) mass is 481 g/mol. The summed E-state index contributed by atoms with van der Waals surface area (Å²) in [6.45, 7) is 3.78. The fourth-order valence-electron chi connectivity index (χ4n) is 2.59. The molecule has 0 atom stereocenters. The highest BCUT2D eigenvalue weighted by molar-refractivity contribution is 9.10. The molecule has 0 fully saturated rings. The van der Waals surface area contributed by atoms with Crippen molar-refractivity contribution in [2.45, 2.75) is 13.8 Å². The zero-order valence-electron chi connectivity index (χ0n) is 17.2. The number of pyridine rings is 1. The lowest BCUT2D eigenvalue weighted by Crippen LogP contribution is -2.17. The molecule has 0 aliphatic rings. The van der Waals surface area contributed by atoms with Crippen LogP contribution in [0.3, 0.4) is 0 Å². The van der Waals surface area contributed by atoms with Crippen molar-refractivity contribution < 1.29 is 19.1 Å². The molecule has 0 saturated heterocycles. The Bertz CT molecular complexity index is 1130. The molecule has 158 valence electrons. The largest absolute Gasteiger partial charge is 0.493 e. The van der Waals surface area contributed by atoms with E-state index in [-0.39, 0.29) is 11.7 Å². The van der Waals surface area contributed by atoms with Crippen LogP contribution in [0.1, 0.15) is 37.5 Å². The van der Waals surface area contributed by atoms with Crippen molar-refractivity contribution in [2.24, 2.45) is 5.10 Å². The number of aromatic nitrogens is 1. The zero-order valence-corrected chi connectivity index (χ0v) is 18.8. The first-order valence-electron chi connectivity index (χ1n) is 9.30. The number of nitrogens with zero attached hydrogens (tertiary/aromatic N) is 2. The Morgan fingerprint density at radius 1 is 1.06 bits per heavy atom. The van der Waals surface area contributed by atoms with E-state index >= 15 is 0 Å². The minimum atomic E-state index is -0.501. The van der Waals surface area contributed by atoms with Gasteiger partial charge in [0.2, 0.25) is 0 Å². The van der Waals surface area contributed by atoms with Crippen LogP contribution in [0.5, 0.6) is 11.5 Å². The third-order valence-electron chi connectivity index (χ3n) is 4.29. The number of hydrogen-bond donors (Lipinski definition) is 1. The Morgan fingerprint density at radius 2 is 1.77 bits per heavy atom. The topological polar surface area (TPSA) is 89.9 Å². The van der Waals surface area contributed by atoms with Gasteiger partial charge in [-0.15, -0.1) is 0 Å². The second-order valence-corrected chi connectivity index (χ2v) is 7.53. The number of nitrogens with one attached hydrogen (secondary N) is 1. The number of ether oxygens (including phenoxy) is 2.